The van der Waals surface area contributed by atoms with Crippen molar-refractivity contribution < 1.29 is 159 Å². The van der Waals surface area contributed by atoms with E-state index < -0.39 is 0 Å². The molecule has 0 N–H and O–H groups in total. The molecule has 0 fully saturated rings. The maximum Gasteiger partial charge on any atom is 1.00 e. The molecule has 0 atom stereocenters. The van der Waals surface area contributed by atoms with Gasteiger partial charge in [0.05, 0.1) is 0 Å². The Morgan fingerprint density at radius 3 is 0.429 bits per heavy atom. The first-order chi connectivity index (χ1) is 0. The van der Waals surface area contributed by atoms with Crippen LogP contribution in [0.15, 0.2) is 0 Å². The van der Waals surface area contributed by atoms with Gasteiger partial charge in [0, 0.05) is 21.1 Å². The SMILES string of the molecule is [Mo].[O-2].[O-2].[O-2].[O-2].[Rb+].[Rb+]. The largest absolute Gasteiger partial charge is 2.00 e. The molecule has 0 amide bonds. The van der Waals surface area contributed by atoms with Crippen LogP contribution in [0.5, 0.6) is 0 Å². The Morgan fingerprint density at radius 2 is 0.429 bits per heavy atom. The van der Waals surface area contributed by atoms with E-state index in [1.807, 2.05) is 0 Å². The van der Waals surface area contributed by atoms with Gasteiger partial charge in [-0.05, 0) is 0 Å². The first-order valence-corrected chi connectivity index (χ1v) is 0. The fourth-order valence-electron chi connectivity index (χ4n) is 0. The molecule has 0 aliphatic heterocycles. The van der Waals surface area contributed by atoms with E-state index in [0.717, 1.165) is 0 Å². The van der Waals surface area contributed by atoms with E-state index in [2.05, 4.69) is 0 Å². The predicted molar refractivity (Wildman–Crippen MR) is 2.75 cm³/mol. The molecule has 0 unspecified atom stereocenters. The van der Waals surface area contributed by atoms with Gasteiger partial charge in [-0.3, -0.25) is 0 Å². The van der Waals surface area contributed by atoms with E-state index in [9.17, 15) is 0 Å². The van der Waals surface area contributed by atoms with Crippen LogP contribution in [-0.4, -0.2) is 0 Å². The molecular weight excluding hydrogens is 331 g/mol. The van der Waals surface area contributed by atoms with Crippen LogP contribution < -0.4 is 116 Å². The van der Waals surface area contributed by atoms with Gasteiger partial charge in [-0.2, -0.15) is 0 Å². The smallest absolute Gasteiger partial charge is 1.00 e. The Balaban J connectivity index is 0. The first kappa shape index (κ1) is 66.8. The summed E-state index contributed by atoms with van der Waals surface area (Å²) in [6.45, 7) is 0. The van der Waals surface area contributed by atoms with Crippen molar-refractivity contribution in [3.63, 3.8) is 0 Å². The molecule has 0 aromatic rings. The molecule has 4 nitrogen and oxygen atoms in total. The fourth-order valence-corrected chi connectivity index (χ4v) is 0. The summed E-state index contributed by atoms with van der Waals surface area (Å²) in [7, 11) is 0. The fraction of sp³-hybridized carbons (Fsp3) is 0. The Kier molecular flexibility index (Phi) is 472. The Labute approximate surface area is 154 Å². The minimum atomic E-state index is 0. The summed E-state index contributed by atoms with van der Waals surface area (Å²) in [6.07, 6.45) is 0. The van der Waals surface area contributed by atoms with Crippen LogP contribution in [0.2, 0.25) is 0 Å². The summed E-state index contributed by atoms with van der Waals surface area (Å²) < 4.78 is 0. The van der Waals surface area contributed by atoms with Crippen LogP contribution >= 0.6 is 0 Å². The second kappa shape index (κ2) is 49.4. The van der Waals surface area contributed by atoms with Gasteiger partial charge in [0.15, 0.2) is 0 Å². The second-order valence-corrected chi connectivity index (χ2v) is 0. The summed E-state index contributed by atoms with van der Waals surface area (Å²) in [6, 6.07) is 0. The molecule has 0 saturated heterocycles. The minimum absolute atomic E-state index is 0. The Morgan fingerprint density at radius 1 is 0.429 bits per heavy atom. The van der Waals surface area contributed by atoms with Crippen molar-refractivity contribution >= 4 is 0 Å². The molecule has 7 heavy (non-hydrogen) atoms. The molecule has 0 aromatic heterocycles. The van der Waals surface area contributed by atoms with Gasteiger partial charge in [0.25, 0.3) is 0 Å². The number of hydrogen-bond acceptors (Lipinski definition) is 0. The van der Waals surface area contributed by atoms with Crippen molar-refractivity contribution in [2.75, 3.05) is 0 Å². The van der Waals surface area contributed by atoms with Crippen LogP contribution in [-0.2, 0) is 43.0 Å². The van der Waals surface area contributed by atoms with Crippen LogP contribution in [0, 0.1) is 0 Å². The van der Waals surface area contributed by atoms with Gasteiger partial charge < -0.3 is 21.9 Å². The van der Waals surface area contributed by atoms with Crippen molar-refractivity contribution in [2.24, 2.45) is 0 Å². The normalized spacial score (nSPS) is 0. The maximum atomic E-state index is 0. The van der Waals surface area contributed by atoms with Crippen molar-refractivity contribution in [1.29, 1.82) is 0 Å². The van der Waals surface area contributed by atoms with Crippen molar-refractivity contribution in [3.8, 4) is 0 Å². The molecule has 0 spiro atoms. The third-order valence-corrected chi connectivity index (χ3v) is 0. The first-order valence-electron chi connectivity index (χ1n) is 0. The van der Waals surface area contributed by atoms with Crippen LogP contribution in [0.3, 0.4) is 0 Å². The molecule has 0 aliphatic carbocycles. The topological polar surface area (TPSA) is 114 Å². The molecule has 0 radical (unpaired) electrons. The zero-order chi connectivity index (χ0) is 0. The summed E-state index contributed by atoms with van der Waals surface area (Å²) >= 11 is 0. The number of rotatable bonds is 0. The predicted octanol–water partition coefficient (Wildman–Crippen LogP) is -6.47. The van der Waals surface area contributed by atoms with E-state index in [1.165, 1.54) is 0 Å². The van der Waals surface area contributed by atoms with E-state index in [-0.39, 0.29) is 159 Å². The zero-order valence-electron chi connectivity index (χ0n) is 4.04. The second-order valence-electron chi connectivity index (χ2n) is 0. The van der Waals surface area contributed by atoms with E-state index in [1.54, 1.807) is 0 Å². The van der Waals surface area contributed by atoms with Crippen LogP contribution in [0.25, 0.3) is 0 Å². The van der Waals surface area contributed by atoms with Gasteiger partial charge in [-0.1, -0.05) is 0 Å². The van der Waals surface area contributed by atoms with Crippen molar-refractivity contribution in [2.45, 2.75) is 0 Å². The van der Waals surface area contributed by atoms with Gasteiger partial charge >= 0.3 is 116 Å². The summed E-state index contributed by atoms with van der Waals surface area (Å²) in [5.41, 5.74) is 0. The van der Waals surface area contributed by atoms with Crippen molar-refractivity contribution in [3.05, 3.63) is 0 Å². The van der Waals surface area contributed by atoms with Crippen LogP contribution in [0.4, 0.5) is 0 Å². The Bertz CT molecular complexity index is 9.65. The molecular formula is MoO4Rb2-6. The zero-order valence-corrected chi connectivity index (χ0v) is 15.9. The Hall–Kier alpha value is 4.14. The molecule has 38 valence electrons. The van der Waals surface area contributed by atoms with Crippen LogP contribution in [0.1, 0.15) is 0 Å². The third-order valence-electron chi connectivity index (χ3n) is 0. The standard InChI is InChI=1S/Mo.4O.2Rb/q;4*-2;2*+1. The van der Waals surface area contributed by atoms with Gasteiger partial charge in [0.1, 0.15) is 0 Å². The molecule has 0 aromatic carbocycles. The number of hydrogen-bond donors (Lipinski definition) is 0. The monoisotopic (exact) mass is 332 g/mol. The summed E-state index contributed by atoms with van der Waals surface area (Å²) in [5.74, 6) is 0. The molecule has 0 heterocycles. The molecule has 0 bridgehead atoms. The average molecular weight is 331 g/mol. The van der Waals surface area contributed by atoms with Crippen molar-refractivity contribution in [1.82, 2.24) is 0 Å². The minimum Gasteiger partial charge on any atom is -2.00 e. The molecule has 0 saturated carbocycles. The summed E-state index contributed by atoms with van der Waals surface area (Å²) in [5, 5.41) is 0. The van der Waals surface area contributed by atoms with E-state index in [0.29, 0.717) is 0 Å². The third kappa shape index (κ3) is 39.2. The van der Waals surface area contributed by atoms with E-state index >= 15 is 0 Å². The molecule has 0 rings (SSSR count). The summed E-state index contributed by atoms with van der Waals surface area (Å²) in [4.78, 5) is 0. The quantitative estimate of drug-likeness (QED) is 0.393. The van der Waals surface area contributed by atoms with Gasteiger partial charge in [-0.25, -0.2) is 0 Å². The average Bonchev–Trinajstić information content (AvgIpc) is 0. The van der Waals surface area contributed by atoms with Gasteiger partial charge in [0.2, 0.25) is 0 Å². The van der Waals surface area contributed by atoms with E-state index in [4.69, 9.17) is 0 Å². The van der Waals surface area contributed by atoms with Gasteiger partial charge in [-0.15, -0.1) is 0 Å². The molecule has 7 heteroatoms. The molecule has 0 aliphatic rings. The maximum absolute atomic E-state index is 0.